The number of piperidine rings is 1. The highest BCUT2D eigenvalue weighted by Gasteiger charge is 2.35. The summed E-state index contributed by atoms with van der Waals surface area (Å²) in [7, 11) is 0. The highest BCUT2D eigenvalue weighted by Crippen LogP contribution is 2.29. The first-order valence-electron chi connectivity index (χ1n) is 8.42. The third-order valence-electron chi connectivity index (χ3n) is 5.20. The SMILES string of the molecule is NNC(=NC1CCN2CCCCC12)NC1CCCCC1. The van der Waals surface area contributed by atoms with Crippen LogP contribution in [0.15, 0.2) is 4.99 Å². The maximum atomic E-state index is 5.68. The Morgan fingerprint density at radius 2 is 1.75 bits per heavy atom. The van der Waals surface area contributed by atoms with Gasteiger partial charge in [-0.1, -0.05) is 25.7 Å². The highest BCUT2D eigenvalue weighted by atomic mass is 15.3. The van der Waals surface area contributed by atoms with Crippen LogP contribution in [-0.4, -0.2) is 42.1 Å². The molecule has 5 nitrogen and oxygen atoms in total. The van der Waals surface area contributed by atoms with Crippen LogP contribution < -0.4 is 16.6 Å². The zero-order valence-electron chi connectivity index (χ0n) is 12.5. The van der Waals surface area contributed by atoms with Gasteiger partial charge in [0.2, 0.25) is 5.96 Å². The maximum absolute atomic E-state index is 5.68. The Bertz CT molecular complexity index is 337. The minimum absolute atomic E-state index is 0.428. The number of hydrogen-bond donors (Lipinski definition) is 3. The van der Waals surface area contributed by atoms with Gasteiger partial charge in [0.25, 0.3) is 0 Å². The zero-order chi connectivity index (χ0) is 13.8. The van der Waals surface area contributed by atoms with Crippen LogP contribution in [0.1, 0.15) is 57.8 Å². The number of nitrogens with one attached hydrogen (secondary N) is 2. The molecule has 3 fully saturated rings. The quantitative estimate of drug-likeness (QED) is 0.309. The minimum Gasteiger partial charge on any atom is -0.353 e. The molecular formula is C15H29N5. The first kappa shape index (κ1) is 14.1. The van der Waals surface area contributed by atoms with Crippen LogP contribution in [0, 0.1) is 0 Å². The zero-order valence-corrected chi connectivity index (χ0v) is 12.5. The number of nitrogens with two attached hydrogens (primary N) is 1. The van der Waals surface area contributed by atoms with E-state index in [1.54, 1.807) is 0 Å². The maximum Gasteiger partial charge on any atom is 0.206 e. The van der Waals surface area contributed by atoms with Gasteiger partial charge >= 0.3 is 0 Å². The van der Waals surface area contributed by atoms with Crippen molar-refractivity contribution in [3.63, 3.8) is 0 Å². The van der Waals surface area contributed by atoms with Crippen molar-refractivity contribution in [3.8, 4) is 0 Å². The molecule has 0 bridgehead atoms. The predicted molar refractivity (Wildman–Crippen MR) is 82.4 cm³/mol. The van der Waals surface area contributed by atoms with E-state index in [4.69, 9.17) is 10.8 Å². The molecule has 2 saturated heterocycles. The molecule has 1 aliphatic carbocycles. The number of rotatable bonds is 2. The van der Waals surface area contributed by atoms with E-state index in [9.17, 15) is 0 Å². The second-order valence-corrected chi connectivity index (χ2v) is 6.56. The third-order valence-corrected chi connectivity index (χ3v) is 5.20. The van der Waals surface area contributed by atoms with Gasteiger partial charge in [0.15, 0.2) is 0 Å². The molecule has 2 heterocycles. The van der Waals surface area contributed by atoms with Crippen molar-refractivity contribution in [2.24, 2.45) is 10.8 Å². The van der Waals surface area contributed by atoms with E-state index in [-0.39, 0.29) is 0 Å². The van der Waals surface area contributed by atoms with Crippen molar-refractivity contribution in [1.82, 2.24) is 15.6 Å². The summed E-state index contributed by atoms with van der Waals surface area (Å²) in [5.41, 5.74) is 2.79. The van der Waals surface area contributed by atoms with E-state index in [2.05, 4.69) is 15.6 Å². The number of nitrogens with zero attached hydrogens (tertiary/aromatic N) is 2. The standard InChI is InChI=1S/C15H29N5/c16-19-15(17-12-6-2-1-3-7-12)18-13-9-11-20-10-5-4-8-14(13)20/h12-14H,1-11,16H2,(H2,17,18,19). The van der Waals surface area contributed by atoms with E-state index in [1.165, 1.54) is 70.9 Å². The molecule has 2 aliphatic heterocycles. The summed E-state index contributed by atoms with van der Waals surface area (Å²) in [6, 6.07) is 1.64. The Labute approximate surface area is 122 Å². The van der Waals surface area contributed by atoms with Crippen LogP contribution >= 0.6 is 0 Å². The molecule has 0 spiro atoms. The summed E-state index contributed by atoms with van der Waals surface area (Å²) in [4.78, 5) is 7.52. The van der Waals surface area contributed by atoms with E-state index in [0.717, 1.165) is 5.96 Å². The van der Waals surface area contributed by atoms with Gasteiger partial charge in [-0.2, -0.15) is 0 Å². The van der Waals surface area contributed by atoms with Gasteiger partial charge in [0.05, 0.1) is 6.04 Å². The fraction of sp³-hybridized carbons (Fsp3) is 0.933. The molecule has 2 unspecified atom stereocenters. The average molecular weight is 279 g/mol. The van der Waals surface area contributed by atoms with Crippen molar-refractivity contribution >= 4 is 5.96 Å². The van der Waals surface area contributed by atoms with Gasteiger partial charge in [-0.15, -0.1) is 0 Å². The van der Waals surface area contributed by atoms with Crippen molar-refractivity contribution in [1.29, 1.82) is 0 Å². The fourth-order valence-corrected chi connectivity index (χ4v) is 4.09. The lowest BCUT2D eigenvalue weighted by Crippen LogP contribution is -2.48. The molecule has 0 aromatic rings. The molecule has 4 N–H and O–H groups in total. The number of hydrogen-bond acceptors (Lipinski definition) is 3. The molecule has 3 rings (SSSR count). The van der Waals surface area contributed by atoms with Crippen LogP contribution in [0.3, 0.4) is 0 Å². The fourth-order valence-electron chi connectivity index (χ4n) is 4.09. The molecule has 5 heteroatoms. The Kier molecular flexibility index (Phi) is 4.78. The van der Waals surface area contributed by atoms with Gasteiger partial charge in [-0.3, -0.25) is 10.3 Å². The van der Waals surface area contributed by atoms with E-state index in [0.29, 0.717) is 18.1 Å². The molecule has 20 heavy (non-hydrogen) atoms. The first-order valence-corrected chi connectivity index (χ1v) is 8.42. The van der Waals surface area contributed by atoms with Gasteiger partial charge in [-0.05, 0) is 38.6 Å². The van der Waals surface area contributed by atoms with Crippen LogP contribution in [0.2, 0.25) is 0 Å². The molecule has 2 atom stereocenters. The minimum atomic E-state index is 0.428. The summed E-state index contributed by atoms with van der Waals surface area (Å²) in [5, 5.41) is 3.52. The van der Waals surface area contributed by atoms with Crippen LogP contribution in [0.4, 0.5) is 0 Å². The monoisotopic (exact) mass is 279 g/mol. The van der Waals surface area contributed by atoms with Gasteiger partial charge in [0.1, 0.15) is 0 Å². The number of guanidine groups is 1. The number of fused-ring (bicyclic) bond motifs is 1. The van der Waals surface area contributed by atoms with Crippen LogP contribution in [-0.2, 0) is 0 Å². The van der Waals surface area contributed by atoms with Crippen LogP contribution in [0.25, 0.3) is 0 Å². The normalized spacial score (nSPS) is 33.0. The second-order valence-electron chi connectivity index (χ2n) is 6.56. The predicted octanol–water partition coefficient (Wildman–Crippen LogP) is 1.35. The van der Waals surface area contributed by atoms with Gasteiger partial charge in [0, 0.05) is 18.6 Å². The molecule has 0 radical (unpaired) electrons. The Balaban J connectivity index is 1.59. The lowest BCUT2D eigenvalue weighted by molar-refractivity contribution is 0.189. The Morgan fingerprint density at radius 3 is 2.55 bits per heavy atom. The summed E-state index contributed by atoms with van der Waals surface area (Å²) >= 11 is 0. The molecule has 114 valence electrons. The number of hydrazine groups is 1. The Morgan fingerprint density at radius 1 is 0.950 bits per heavy atom. The molecule has 3 aliphatic rings. The van der Waals surface area contributed by atoms with Crippen molar-refractivity contribution in [2.45, 2.75) is 75.9 Å². The molecule has 0 amide bonds. The topological polar surface area (TPSA) is 65.7 Å². The highest BCUT2D eigenvalue weighted by molar-refractivity contribution is 5.79. The molecule has 0 aromatic heterocycles. The lowest BCUT2D eigenvalue weighted by Gasteiger charge is -2.31. The van der Waals surface area contributed by atoms with Crippen molar-refractivity contribution < 1.29 is 0 Å². The smallest absolute Gasteiger partial charge is 0.206 e. The van der Waals surface area contributed by atoms with E-state index < -0.39 is 0 Å². The number of aliphatic imine (C=N–C) groups is 1. The van der Waals surface area contributed by atoms with E-state index in [1.807, 2.05) is 0 Å². The van der Waals surface area contributed by atoms with Crippen molar-refractivity contribution in [3.05, 3.63) is 0 Å². The second kappa shape index (κ2) is 6.76. The average Bonchev–Trinajstić information content (AvgIpc) is 2.91. The molecule has 1 saturated carbocycles. The summed E-state index contributed by atoms with van der Waals surface area (Å²) < 4.78 is 0. The molecule has 0 aromatic carbocycles. The third kappa shape index (κ3) is 3.26. The largest absolute Gasteiger partial charge is 0.353 e. The lowest BCUT2D eigenvalue weighted by atomic mass is 9.96. The molecular weight excluding hydrogens is 250 g/mol. The van der Waals surface area contributed by atoms with E-state index >= 15 is 0 Å². The Hall–Kier alpha value is -0.810. The van der Waals surface area contributed by atoms with Crippen LogP contribution in [0.5, 0.6) is 0 Å². The summed E-state index contributed by atoms with van der Waals surface area (Å²) in [5.74, 6) is 6.49. The van der Waals surface area contributed by atoms with Crippen molar-refractivity contribution in [2.75, 3.05) is 13.1 Å². The van der Waals surface area contributed by atoms with Gasteiger partial charge < -0.3 is 5.32 Å². The summed E-state index contributed by atoms with van der Waals surface area (Å²) in [6.45, 7) is 2.47. The first-order chi connectivity index (χ1) is 9.86. The van der Waals surface area contributed by atoms with Gasteiger partial charge in [-0.25, -0.2) is 10.8 Å². The summed E-state index contributed by atoms with van der Waals surface area (Å²) in [6.07, 6.45) is 11.7.